The van der Waals surface area contributed by atoms with E-state index in [1.165, 1.54) is 5.56 Å². The van der Waals surface area contributed by atoms with Crippen LogP contribution in [0.15, 0.2) is 36.7 Å². The quantitative estimate of drug-likeness (QED) is 0.602. The summed E-state index contributed by atoms with van der Waals surface area (Å²) < 4.78 is 12.6. The molecule has 0 unspecified atom stereocenters. The third-order valence-corrected chi connectivity index (χ3v) is 7.47. The molecule has 4 heterocycles. The van der Waals surface area contributed by atoms with Gasteiger partial charge in [-0.2, -0.15) is 5.10 Å². The van der Waals surface area contributed by atoms with Gasteiger partial charge in [0.1, 0.15) is 17.3 Å². The number of benzene rings is 1. The van der Waals surface area contributed by atoms with Crippen molar-refractivity contribution in [2.45, 2.75) is 44.6 Å². The fourth-order valence-electron chi connectivity index (χ4n) is 5.35. The summed E-state index contributed by atoms with van der Waals surface area (Å²) in [5.41, 5.74) is 5.18. The van der Waals surface area contributed by atoms with Gasteiger partial charge < -0.3 is 19.7 Å². The summed E-state index contributed by atoms with van der Waals surface area (Å²) in [6.07, 6.45) is 6.73. The molecule has 3 aromatic rings. The molecule has 2 aliphatic rings. The van der Waals surface area contributed by atoms with Crippen LogP contribution in [-0.2, 0) is 18.3 Å². The van der Waals surface area contributed by atoms with Crippen LogP contribution in [0.1, 0.15) is 42.5 Å². The maximum absolute atomic E-state index is 13.5. The topological polar surface area (TPSA) is 81.5 Å². The number of rotatable bonds is 5. The third-order valence-electron chi connectivity index (χ3n) is 7.47. The van der Waals surface area contributed by atoms with Crippen LogP contribution in [-0.4, -0.2) is 58.4 Å². The monoisotopic (exact) mass is 475 g/mol. The number of carbonyl (C=O) groups excluding carboxylic acids is 1. The van der Waals surface area contributed by atoms with Crippen molar-refractivity contribution in [1.29, 1.82) is 0 Å². The first-order valence-electron chi connectivity index (χ1n) is 12.1. The van der Waals surface area contributed by atoms with Crippen molar-refractivity contribution in [2.24, 2.45) is 7.05 Å². The number of likely N-dealkylation sites (tertiary alicyclic amines) is 1. The lowest BCUT2D eigenvalue weighted by atomic mass is 9.86. The van der Waals surface area contributed by atoms with Crippen molar-refractivity contribution in [1.82, 2.24) is 19.7 Å². The van der Waals surface area contributed by atoms with Gasteiger partial charge in [-0.25, -0.2) is 4.98 Å². The van der Waals surface area contributed by atoms with Gasteiger partial charge in [0.2, 0.25) is 5.91 Å². The SMILES string of the molecule is COc1cc(OC)cc([C@@H](C)C(=O)N2CC[C@]3(CCc4cc(-c5cnn(C)c5)c(C)nc4N3)C2)c1. The summed E-state index contributed by atoms with van der Waals surface area (Å²) in [4.78, 5) is 20.4. The molecule has 2 atom stereocenters. The van der Waals surface area contributed by atoms with Crippen molar-refractivity contribution in [3.8, 4) is 22.6 Å². The predicted octanol–water partition coefficient (Wildman–Crippen LogP) is 3.94. The molecular formula is C27H33N5O3. The van der Waals surface area contributed by atoms with E-state index in [9.17, 15) is 4.79 Å². The van der Waals surface area contributed by atoms with Crippen LogP contribution in [0.2, 0.25) is 0 Å². The van der Waals surface area contributed by atoms with Crippen LogP contribution in [0, 0.1) is 6.92 Å². The highest BCUT2D eigenvalue weighted by Crippen LogP contribution is 2.39. The molecule has 1 fully saturated rings. The zero-order valence-corrected chi connectivity index (χ0v) is 21.1. The molecule has 5 rings (SSSR count). The Bertz CT molecular complexity index is 1250. The molecule has 1 amide bonds. The lowest BCUT2D eigenvalue weighted by molar-refractivity contribution is -0.131. The maximum atomic E-state index is 13.5. The molecule has 1 spiro atoms. The number of nitrogens with one attached hydrogen (secondary N) is 1. The average Bonchev–Trinajstić information content (AvgIpc) is 3.48. The summed E-state index contributed by atoms with van der Waals surface area (Å²) >= 11 is 0. The first kappa shape index (κ1) is 23.2. The normalized spacial score (nSPS) is 19.9. The molecule has 0 bridgehead atoms. The number of aryl methyl sites for hydroxylation is 3. The third kappa shape index (κ3) is 4.33. The second-order valence-electron chi connectivity index (χ2n) is 9.81. The van der Waals surface area contributed by atoms with E-state index in [-0.39, 0.29) is 17.4 Å². The second-order valence-corrected chi connectivity index (χ2v) is 9.81. The summed E-state index contributed by atoms with van der Waals surface area (Å²) in [7, 11) is 5.17. The van der Waals surface area contributed by atoms with Crippen molar-refractivity contribution < 1.29 is 14.3 Å². The molecule has 8 nitrogen and oxygen atoms in total. The maximum Gasteiger partial charge on any atom is 0.229 e. The minimum atomic E-state index is -0.285. The van der Waals surface area contributed by atoms with Crippen LogP contribution >= 0.6 is 0 Å². The number of fused-ring (bicyclic) bond motifs is 1. The first-order chi connectivity index (χ1) is 16.8. The van der Waals surface area contributed by atoms with Gasteiger partial charge in [0, 0.05) is 49.2 Å². The number of aromatic nitrogens is 3. The number of amides is 1. The molecule has 35 heavy (non-hydrogen) atoms. The summed E-state index contributed by atoms with van der Waals surface area (Å²) in [5.74, 6) is 2.17. The average molecular weight is 476 g/mol. The van der Waals surface area contributed by atoms with Crippen molar-refractivity contribution in [3.05, 3.63) is 53.5 Å². The fourth-order valence-corrected chi connectivity index (χ4v) is 5.35. The van der Waals surface area contributed by atoms with E-state index >= 15 is 0 Å². The van der Waals surface area contributed by atoms with Gasteiger partial charge in [-0.1, -0.05) is 0 Å². The molecule has 1 N–H and O–H groups in total. The molecule has 0 aliphatic carbocycles. The summed E-state index contributed by atoms with van der Waals surface area (Å²) in [6.45, 7) is 5.41. The van der Waals surface area contributed by atoms with Crippen LogP contribution in [0.5, 0.6) is 11.5 Å². The molecule has 2 aromatic heterocycles. The number of ether oxygens (including phenoxy) is 2. The Balaban J connectivity index is 1.32. The standard InChI is InChI=1S/C27H33N5O3/c1-17(20-10-22(34-4)13-23(11-20)35-5)26(33)32-9-8-27(16-32)7-6-19-12-24(18(2)29-25(19)30-27)21-14-28-31(3)15-21/h10-15,17H,6-9,16H2,1-5H3,(H,29,30)/t17-,27-/m1/s1. The lowest BCUT2D eigenvalue weighted by Crippen LogP contribution is -2.46. The van der Waals surface area contributed by atoms with Crippen LogP contribution in [0.4, 0.5) is 5.82 Å². The number of nitrogens with zero attached hydrogens (tertiary/aromatic N) is 4. The van der Waals surface area contributed by atoms with Gasteiger partial charge in [-0.05, 0) is 62.4 Å². The van der Waals surface area contributed by atoms with Crippen molar-refractivity contribution in [2.75, 3.05) is 32.6 Å². The number of anilines is 1. The number of hydrogen-bond acceptors (Lipinski definition) is 6. The Morgan fingerprint density at radius 1 is 1.14 bits per heavy atom. The van der Waals surface area contributed by atoms with E-state index in [0.717, 1.165) is 54.0 Å². The first-order valence-corrected chi connectivity index (χ1v) is 12.1. The molecule has 1 saturated heterocycles. The van der Waals surface area contributed by atoms with E-state index in [1.807, 2.05) is 61.1 Å². The van der Waals surface area contributed by atoms with Gasteiger partial charge in [-0.15, -0.1) is 0 Å². The highest BCUT2D eigenvalue weighted by Gasteiger charge is 2.43. The summed E-state index contributed by atoms with van der Waals surface area (Å²) in [6, 6.07) is 7.89. The van der Waals surface area contributed by atoms with Gasteiger partial charge in [0.15, 0.2) is 0 Å². The van der Waals surface area contributed by atoms with Crippen molar-refractivity contribution >= 4 is 11.7 Å². The van der Waals surface area contributed by atoms with E-state index < -0.39 is 0 Å². The fraction of sp³-hybridized carbons (Fsp3) is 0.444. The smallest absolute Gasteiger partial charge is 0.229 e. The van der Waals surface area contributed by atoms with E-state index in [2.05, 4.69) is 16.5 Å². The number of carbonyl (C=O) groups is 1. The second kappa shape index (κ2) is 8.91. The lowest BCUT2D eigenvalue weighted by Gasteiger charge is -2.36. The molecule has 0 saturated carbocycles. The van der Waals surface area contributed by atoms with Crippen LogP contribution < -0.4 is 14.8 Å². The minimum absolute atomic E-state index is 0.126. The minimum Gasteiger partial charge on any atom is -0.497 e. The highest BCUT2D eigenvalue weighted by atomic mass is 16.5. The number of hydrogen-bond donors (Lipinski definition) is 1. The molecular weight excluding hydrogens is 442 g/mol. The van der Waals surface area contributed by atoms with Crippen LogP contribution in [0.25, 0.3) is 11.1 Å². The molecule has 184 valence electrons. The van der Waals surface area contributed by atoms with E-state index in [1.54, 1.807) is 14.2 Å². The Morgan fingerprint density at radius 2 is 1.89 bits per heavy atom. The Morgan fingerprint density at radius 3 is 2.54 bits per heavy atom. The zero-order chi connectivity index (χ0) is 24.7. The zero-order valence-electron chi connectivity index (χ0n) is 21.1. The Labute approximate surface area is 206 Å². The van der Waals surface area contributed by atoms with Crippen molar-refractivity contribution in [3.63, 3.8) is 0 Å². The highest BCUT2D eigenvalue weighted by molar-refractivity contribution is 5.84. The van der Waals surface area contributed by atoms with Gasteiger partial charge in [0.25, 0.3) is 0 Å². The largest absolute Gasteiger partial charge is 0.497 e. The molecule has 1 aromatic carbocycles. The van der Waals surface area contributed by atoms with E-state index in [0.29, 0.717) is 18.0 Å². The molecule has 0 radical (unpaired) electrons. The van der Waals surface area contributed by atoms with Gasteiger partial charge in [-0.3, -0.25) is 9.48 Å². The summed E-state index contributed by atoms with van der Waals surface area (Å²) in [5, 5.41) is 8.04. The number of pyridine rings is 1. The molecule has 2 aliphatic heterocycles. The molecule has 8 heteroatoms. The Kier molecular flexibility index (Phi) is 5.91. The van der Waals surface area contributed by atoms with E-state index in [4.69, 9.17) is 14.5 Å². The predicted molar refractivity (Wildman–Crippen MR) is 135 cm³/mol. The van der Waals surface area contributed by atoms with Gasteiger partial charge in [0.05, 0.1) is 31.9 Å². The Hall–Kier alpha value is -3.55. The number of methoxy groups -OCH3 is 2. The van der Waals surface area contributed by atoms with Gasteiger partial charge >= 0.3 is 0 Å². The van der Waals surface area contributed by atoms with Crippen LogP contribution in [0.3, 0.4) is 0 Å².